The number of fused-ring (bicyclic) bond motifs is 1. The van der Waals surface area contributed by atoms with Crippen molar-refractivity contribution in [2.75, 3.05) is 13.1 Å². The Labute approximate surface area is 85.0 Å². The SMILES string of the molecule is CCNCC1(O)CCc2ccccc21. The fraction of sp³-hybridized carbons (Fsp3) is 0.500. The maximum Gasteiger partial charge on any atom is 0.103 e. The molecule has 1 unspecified atom stereocenters. The van der Waals surface area contributed by atoms with E-state index in [0.29, 0.717) is 6.54 Å². The van der Waals surface area contributed by atoms with Gasteiger partial charge in [-0.2, -0.15) is 0 Å². The lowest BCUT2D eigenvalue weighted by Crippen LogP contribution is -2.36. The number of benzene rings is 1. The second-order valence-corrected chi connectivity index (χ2v) is 3.97. The Hall–Kier alpha value is -0.860. The summed E-state index contributed by atoms with van der Waals surface area (Å²) < 4.78 is 0. The van der Waals surface area contributed by atoms with E-state index in [9.17, 15) is 5.11 Å². The molecule has 0 fully saturated rings. The van der Waals surface area contributed by atoms with Crippen molar-refractivity contribution >= 4 is 0 Å². The lowest BCUT2D eigenvalue weighted by atomic mass is 9.96. The van der Waals surface area contributed by atoms with E-state index in [2.05, 4.69) is 18.3 Å². The molecule has 0 amide bonds. The maximum atomic E-state index is 10.4. The minimum Gasteiger partial charge on any atom is -0.384 e. The monoisotopic (exact) mass is 191 g/mol. The van der Waals surface area contributed by atoms with Crippen molar-refractivity contribution in [3.63, 3.8) is 0 Å². The molecular formula is C12H17NO. The van der Waals surface area contributed by atoms with Gasteiger partial charge in [-0.3, -0.25) is 0 Å². The Balaban J connectivity index is 2.23. The van der Waals surface area contributed by atoms with Crippen LogP contribution in [0.15, 0.2) is 24.3 Å². The molecule has 1 aliphatic rings. The minimum atomic E-state index is -0.632. The molecule has 2 heteroatoms. The molecule has 1 aromatic carbocycles. The van der Waals surface area contributed by atoms with Gasteiger partial charge in [0.1, 0.15) is 5.60 Å². The third-order valence-electron chi connectivity index (χ3n) is 2.99. The van der Waals surface area contributed by atoms with Gasteiger partial charge >= 0.3 is 0 Å². The fourth-order valence-corrected chi connectivity index (χ4v) is 2.18. The number of rotatable bonds is 3. The molecule has 0 bridgehead atoms. The fourth-order valence-electron chi connectivity index (χ4n) is 2.18. The second-order valence-electron chi connectivity index (χ2n) is 3.97. The molecule has 0 radical (unpaired) electrons. The van der Waals surface area contributed by atoms with E-state index in [1.807, 2.05) is 18.2 Å². The van der Waals surface area contributed by atoms with Gasteiger partial charge in [0.05, 0.1) is 0 Å². The van der Waals surface area contributed by atoms with Crippen LogP contribution >= 0.6 is 0 Å². The number of aliphatic hydroxyl groups is 1. The van der Waals surface area contributed by atoms with Crippen LogP contribution in [0.3, 0.4) is 0 Å². The van der Waals surface area contributed by atoms with E-state index >= 15 is 0 Å². The molecule has 0 spiro atoms. The van der Waals surface area contributed by atoms with Crippen LogP contribution in [0.4, 0.5) is 0 Å². The van der Waals surface area contributed by atoms with E-state index in [-0.39, 0.29) is 0 Å². The van der Waals surface area contributed by atoms with Crippen molar-refractivity contribution in [3.05, 3.63) is 35.4 Å². The summed E-state index contributed by atoms with van der Waals surface area (Å²) in [5.41, 5.74) is 1.78. The third kappa shape index (κ3) is 1.56. The average Bonchev–Trinajstić information content (AvgIpc) is 2.55. The summed E-state index contributed by atoms with van der Waals surface area (Å²) in [7, 11) is 0. The zero-order valence-corrected chi connectivity index (χ0v) is 8.59. The number of nitrogens with one attached hydrogen (secondary N) is 1. The van der Waals surface area contributed by atoms with Crippen LogP contribution < -0.4 is 5.32 Å². The van der Waals surface area contributed by atoms with Gasteiger partial charge < -0.3 is 10.4 Å². The van der Waals surface area contributed by atoms with Crippen LogP contribution in [0.1, 0.15) is 24.5 Å². The zero-order chi connectivity index (χ0) is 10.0. The summed E-state index contributed by atoms with van der Waals surface area (Å²) in [6.45, 7) is 3.63. The first-order chi connectivity index (χ1) is 6.76. The van der Waals surface area contributed by atoms with Crippen molar-refractivity contribution < 1.29 is 5.11 Å². The van der Waals surface area contributed by atoms with Crippen molar-refractivity contribution in [2.45, 2.75) is 25.4 Å². The van der Waals surface area contributed by atoms with Crippen LogP contribution in [0.5, 0.6) is 0 Å². The molecule has 2 nitrogen and oxygen atoms in total. The van der Waals surface area contributed by atoms with Crippen LogP contribution in [-0.4, -0.2) is 18.2 Å². The van der Waals surface area contributed by atoms with E-state index in [4.69, 9.17) is 0 Å². The summed E-state index contributed by atoms with van der Waals surface area (Å²) in [6, 6.07) is 8.19. The van der Waals surface area contributed by atoms with Gasteiger partial charge in [0.2, 0.25) is 0 Å². The Morgan fingerprint density at radius 2 is 2.21 bits per heavy atom. The van der Waals surface area contributed by atoms with Gasteiger partial charge in [-0.1, -0.05) is 31.2 Å². The second kappa shape index (κ2) is 3.71. The summed E-state index contributed by atoms with van der Waals surface area (Å²) in [5, 5.41) is 13.6. The van der Waals surface area contributed by atoms with Crippen molar-refractivity contribution in [2.24, 2.45) is 0 Å². The predicted molar refractivity (Wildman–Crippen MR) is 57.2 cm³/mol. The molecule has 0 aromatic heterocycles. The molecule has 1 atom stereocenters. The molecule has 0 heterocycles. The largest absolute Gasteiger partial charge is 0.384 e. The molecule has 0 aliphatic heterocycles. The summed E-state index contributed by atoms with van der Waals surface area (Å²) in [4.78, 5) is 0. The molecule has 2 N–H and O–H groups in total. The Morgan fingerprint density at radius 3 is 3.00 bits per heavy atom. The average molecular weight is 191 g/mol. The van der Waals surface area contributed by atoms with E-state index in [1.54, 1.807) is 0 Å². The van der Waals surface area contributed by atoms with Gasteiger partial charge in [0, 0.05) is 6.54 Å². The van der Waals surface area contributed by atoms with Crippen LogP contribution in [0.25, 0.3) is 0 Å². The first kappa shape index (κ1) is 9.69. The topological polar surface area (TPSA) is 32.3 Å². The number of hydrogen-bond acceptors (Lipinski definition) is 2. The van der Waals surface area contributed by atoms with Crippen LogP contribution in [0, 0.1) is 0 Å². The quantitative estimate of drug-likeness (QED) is 0.757. The van der Waals surface area contributed by atoms with E-state index in [0.717, 1.165) is 24.9 Å². The molecule has 1 aliphatic carbocycles. The summed E-state index contributed by atoms with van der Waals surface area (Å²) >= 11 is 0. The first-order valence-corrected chi connectivity index (χ1v) is 5.28. The van der Waals surface area contributed by atoms with Crippen molar-refractivity contribution in [1.82, 2.24) is 5.32 Å². The molecular weight excluding hydrogens is 174 g/mol. The van der Waals surface area contributed by atoms with Crippen molar-refractivity contribution in [3.8, 4) is 0 Å². The molecule has 1 aromatic rings. The summed E-state index contributed by atoms with van der Waals surface area (Å²) in [5.74, 6) is 0. The number of hydrogen-bond donors (Lipinski definition) is 2. The third-order valence-corrected chi connectivity index (χ3v) is 2.99. The van der Waals surface area contributed by atoms with Crippen LogP contribution in [-0.2, 0) is 12.0 Å². The highest BCUT2D eigenvalue weighted by Gasteiger charge is 2.35. The lowest BCUT2D eigenvalue weighted by molar-refractivity contribution is 0.0393. The van der Waals surface area contributed by atoms with Gasteiger partial charge in [-0.25, -0.2) is 0 Å². The summed E-state index contributed by atoms with van der Waals surface area (Å²) in [6.07, 6.45) is 1.84. The highest BCUT2D eigenvalue weighted by Crippen LogP contribution is 2.35. The van der Waals surface area contributed by atoms with E-state index < -0.39 is 5.60 Å². The number of aryl methyl sites for hydroxylation is 1. The highest BCUT2D eigenvalue weighted by atomic mass is 16.3. The Bertz CT molecular complexity index is 324. The molecule has 0 saturated carbocycles. The standard InChI is InChI=1S/C12H17NO/c1-2-13-9-12(14)8-7-10-5-3-4-6-11(10)12/h3-6,13-14H,2,7-9H2,1H3. The molecule has 0 saturated heterocycles. The molecule has 76 valence electrons. The minimum absolute atomic E-state index is 0.632. The zero-order valence-electron chi connectivity index (χ0n) is 8.59. The Kier molecular flexibility index (Phi) is 2.57. The van der Waals surface area contributed by atoms with Crippen LogP contribution in [0.2, 0.25) is 0 Å². The van der Waals surface area contributed by atoms with Gasteiger partial charge in [-0.05, 0) is 30.5 Å². The smallest absolute Gasteiger partial charge is 0.103 e. The first-order valence-electron chi connectivity index (χ1n) is 5.28. The lowest BCUT2D eigenvalue weighted by Gasteiger charge is -2.24. The predicted octanol–water partition coefficient (Wildman–Crippen LogP) is 1.43. The number of likely N-dealkylation sites (N-methyl/N-ethyl adjacent to an activating group) is 1. The molecule has 14 heavy (non-hydrogen) atoms. The van der Waals surface area contributed by atoms with Crippen molar-refractivity contribution in [1.29, 1.82) is 0 Å². The highest BCUT2D eigenvalue weighted by molar-refractivity contribution is 5.37. The van der Waals surface area contributed by atoms with Gasteiger partial charge in [-0.15, -0.1) is 0 Å². The molecule has 2 rings (SSSR count). The van der Waals surface area contributed by atoms with Gasteiger partial charge in [0.25, 0.3) is 0 Å². The van der Waals surface area contributed by atoms with Gasteiger partial charge in [0.15, 0.2) is 0 Å². The maximum absolute atomic E-state index is 10.4. The van der Waals surface area contributed by atoms with E-state index in [1.165, 1.54) is 5.56 Å². The normalized spacial score (nSPS) is 25.0. The Morgan fingerprint density at radius 1 is 1.43 bits per heavy atom.